The number of anilines is 1. The van der Waals surface area contributed by atoms with E-state index < -0.39 is 0 Å². The van der Waals surface area contributed by atoms with Crippen molar-refractivity contribution in [3.05, 3.63) is 23.0 Å². The molecule has 0 aromatic carbocycles. The van der Waals surface area contributed by atoms with E-state index in [1.165, 1.54) is 5.57 Å². The Morgan fingerprint density at radius 1 is 1.50 bits per heavy atom. The molecule has 1 amide bonds. The Morgan fingerprint density at radius 3 is 2.75 bits per heavy atom. The van der Waals surface area contributed by atoms with Crippen LogP contribution in [0.4, 0.5) is 5.69 Å². The lowest BCUT2D eigenvalue weighted by atomic mass is 10.1. The molecule has 0 atom stereocenters. The number of aromatic nitrogens is 2. The fourth-order valence-electron chi connectivity index (χ4n) is 2.35. The average Bonchev–Trinajstić information content (AvgIpc) is 2.67. The Morgan fingerprint density at radius 2 is 2.25 bits per heavy atom. The quantitative estimate of drug-likeness (QED) is 0.830. The van der Waals surface area contributed by atoms with E-state index >= 15 is 0 Å². The molecule has 1 aromatic heterocycles. The molecule has 0 saturated heterocycles. The van der Waals surface area contributed by atoms with Gasteiger partial charge in [-0.05, 0) is 25.8 Å². The fraction of sp³-hybridized carbons (Fsp3) is 0.571. The third kappa shape index (κ3) is 3.01. The van der Waals surface area contributed by atoms with Gasteiger partial charge in [0.2, 0.25) is 5.91 Å². The maximum absolute atomic E-state index is 12.3. The first-order chi connectivity index (χ1) is 9.52. The molecule has 110 valence electrons. The number of carbonyl (C=O) groups is 1. The van der Waals surface area contributed by atoms with Crippen LogP contribution in [0, 0.1) is 13.8 Å². The summed E-state index contributed by atoms with van der Waals surface area (Å²) in [6.45, 7) is 6.02. The number of carbonyl (C=O) groups excluding carboxylic acids is 1. The van der Waals surface area contributed by atoms with Gasteiger partial charge in [-0.15, -0.1) is 0 Å². The van der Waals surface area contributed by atoms with Crippen LogP contribution in [-0.2, 0) is 16.1 Å². The number of hydrogen-bond acceptors (Lipinski definition) is 4. The van der Waals surface area contributed by atoms with E-state index in [1.54, 1.807) is 11.8 Å². The molecule has 6 nitrogen and oxygen atoms in total. The SMILES string of the molecule is COCC1=CCN(C(=O)Cn2nc(C)c(N)c2C)CC1. The van der Waals surface area contributed by atoms with E-state index in [0.717, 1.165) is 24.4 Å². The maximum Gasteiger partial charge on any atom is 0.244 e. The van der Waals surface area contributed by atoms with Gasteiger partial charge < -0.3 is 15.4 Å². The zero-order chi connectivity index (χ0) is 14.7. The molecule has 2 N–H and O–H groups in total. The minimum Gasteiger partial charge on any atom is -0.396 e. The van der Waals surface area contributed by atoms with Crippen LogP contribution < -0.4 is 5.73 Å². The second-order valence-electron chi connectivity index (χ2n) is 5.13. The highest BCUT2D eigenvalue weighted by molar-refractivity contribution is 5.76. The number of ether oxygens (including phenoxy) is 1. The van der Waals surface area contributed by atoms with Gasteiger partial charge in [-0.25, -0.2) is 0 Å². The largest absolute Gasteiger partial charge is 0.396 e. The van der Waals surface area contributed by atoms with Crippen LogP contribution in [0.25, 0.3) is 0 Å². The molecule has 1 aliphatic heterocycles. The molecule has 0 radical (unpaired) electrons. The zero-order valence-electron chi connectivity index (χ0n) is 12.3. The Hall–Kier alpha value is -1.82. The first kappa shape index (κ1) is 14.6. The van der Waals surface area contributed by atoms with E-state index in [9.17, 15) is 4.79 Å². The van der Waals surface area contributed by atoms with Gasteiger partial charge in [0.1, 0.15) is 6.54 Å². The highest BCUT2D eigenvalue weighted by atomic mass is 16.5. The number of hydrogen-bond donors (Lipinski definition) is 1. The molecule has 0 aliphatic carbocycles. The summed E-state index contributed by atoms with van der Waals surface area (Å²) in [6, 6.07) is 0. The number of aryl methyl sites for hydroxylation is 1. The smallest absolute Gasteiger partial charge is 0.244 e. The van der Waals surface area contributed by atoms with Crippen molar-refractivity contribution in [1.29, 1.82) is 0 Å². The summed E-state index contributed by atoms with van der Waals surface area (Å²) in [4.78, 5) is 14.1. The van der Waals surface area contributed by atoms with Crippen LogP contribution in [-0.4, -0.2) is 47.4 Å². The molecular formula is C14H22N4O2. The average molecular weight is 278 g/mol. The van der Waals surface area contributed by atoms with E-state index in [-0.39, 0.29) is 12.5 Å². The first-order valence-corrected chi connectivity index (χ1v) is 6.77. The van der Waals surface area contributed by atoms with E-state index in [1.807, 2.05) is 18.7 Å². The summed E-state index contributed by atoms with van der Waals surface area (Å²) >= 11 is 0. The Bertz CT molecular complexity index is 534. The molecule has 20 heavy (non-hydrogen) atoms. The molecule has 2 rings (SSSR count). The van der Waals surface area contributed by atoms with Crippen LogP contribution >= 0.6 is 0 Å². The van der Waals surface area contributed by atoms with Crippen molar-refractivity contribution in [2.75, 3.05) is 32.5 Å². The molecular weight excluding hydrogens is 256 g/mol. The third-order valence-electron chi connectivity index (χ3n) is 3.71. The van der Waals surface area contributed by atoms with E-state index in [0.29, 0.717) is 18.8 Å². The van der Waals surface area contributed by atoms with Crippen LogP contribution in [0.2, 0.25) is 0 Å². The van der Waals surface area contributed by atoms with Gasteiger partial charge in [-0.2, -0.15) is 5.10 Å². The maximum atomic E-state index is 12.3. The fourth-order valence-corrected chi connectivity index (χ4v) is 2.35. The van der Waals surface area contributed by atoms with Crippen LogP contribution in [0.5, 0.6) is 0 Å². The monoisotopic (exact) mass is 278 g/mol. The van der Waals surface area contributed by atoms with E-state index in [2.05, 4.69) is 11.2 Å². The van der Waals surface area contributed by atoms with Crippen LogP contribution in [0.3, 0.4) is 0 Å². The molecule has 2 heterocycles. The van der Waals surface area contributed by atoms with Crippen molar-refractivity contribution < 1.29 is 9.53 Å². The number of methoxy groups -OCH3 is 1. The number of nitrogen functional groups attached to an aromatic ring is 1. The molecule has 0 spiro atoms. The predicted octanol–water partition coefficient (Wildman–Crippen LogP) is 0.887. The summed E-state index contributed by atoms with van der Waals surface area (Å²) in [5.74, 6) is 0.0725. The van der Waals surface area contributed by atoms with Gasteiger partial charge >= 0.3 is 0 Å². The Balaban J connectivity index is 1.98. The van der Waals surface area contributed by atoms with Crippen LogP contribution in [0.15, 0.2) is 11.6 Å². The number of nitrogens with zero attached hydrogens (tertiary/aromatic N) is 3. The summed E-state index contributed by atoms with van der Waals surface area (Å²) in [5, 5.41) is 4.30. The van der Waals surface area contributed by atoms with Gasteiger partial charge in [0, 0.05) is 20.2 Å². The second kappa shape index (κ2) is 6.09. The number of amides is 1. The molecule has 0 unspecified atom stereocenters. The Labute approximate surface area is 119 Å². The van der Waals surface area contributed by atoms with Gasteiger partial charge in [-0.3, -0.25) is 9.48 Å². The lowest BCUT2D eigenvalue weighted by molar-refractivity contribution is -0.131. The summed E-state index contributed by atoms with van der Waals surface area (Å²) in [7, 11) is 1.69. The second-order valence-corrected chi connectivity index (χ2v) is 5.13. The Kier molecular flexibility index (Phi) is 4.44. The first-order valence-electron chi connectivity index (χ1n) is 6.77. The van der Waals surface area contributed by atoms with Gasteiger partial charge in [0.25, 0.3) is 0 Å². The topological polar surface area (TPSA) is 73.4 Å². The molecule has 0 saturated carbocycles. The van der Waals surface area contributed by atoms with Gasteiger partial charge in [0.15, 0.2) is 0 Å². The third-order valence-corrected chi connectivity index (χ3v) is 3.71. The summed E-state index contributed by atoms with van der Waals surface area (Å²) in [6.07, 6.45) is 2.94. The van der Waals surface area contributed by atoms with Crippen LogP contribution in [0.1, 0.15) is 17.8 Å². The van der Waals surface area contributed by atoms with Crippen molar-refractivity contribution in [3.8, 4) is 0 Å². The molecule has 0 fully saturated rings. The highest BCUT2D eigenvalue weighted by Crippen LogP contribution is 2.16. The zero-order valence-corrected chi connectivity index (χ0v) is 12.3. The van der Waals surface area contributed by atoms with Gasteiger partial charge in [-0.1, -0.05) is 6.08 Å². The van der Waals surface area contributed by atoms with Crippen molar-refractivity contribution in [2.45, 2.75) is 26.8 Å². The number of nitrogens with two attached hydrogens (primary N) is 1. The predicted molar refractivity (Wildman–Crippen MR) is 77.3 cm³/mol. The van der Waals surface area contributed by atoms with Crippen molar-refractivity contribution in [2.24, 2.45) is 0 Å². The minimum absolute atomic E-state index is 0.0725. The molecule has 1 aliphatic rings. The van der Waals surface area contributed by atoms with Crippen molar-refractivity contribution >= 4 is 11.6 Å². The normalized spacial score (nSPS) is 15.3. The minimum atomic E-state index is 0.0725. The lowest BCUT2D eigenvalue weighted by Gasteiger charge is -2.26. The molecule has 6 heteroatoms. The van der Waals surface area contributed by atoms with E-state index in [4.69, 9.17) is 10.5 Å². The summed E-state index contributed by atoms with van der Waals surface area (Å²) in [5.41, 5.74) is 9.42. The molecule has 1 aromatic rings. The number of rotatable bonds is 4. The standard InChI is InChI=1S/C14H22N4O2/c1-10-14(15)11(2)18(16-10)8-13(19)17-6-4-12(5-7-17)9-20-3/h4H,5-9,15H2,1-3H3. The highest BCUT2D eigenvalue weighted by Gasteiger charge is 2.19. The van der Waals surface area contributed by atoms with Crippen molar-refractivity contribution in [3.63, 3.8) is 0 Å². The van der Waals surface area contributed by atoms with Crippen molar-refractivity contribution in [1.82, 2.24) is 14.7 Å². The molecule has 0 bridgehead atoms. The summed E-state index contributed by atoms with van der Waals surface area (Å²) < 4.78 is 6.79. The van der Waals surface area contributed by atoms with Gasteiger partial charge in [0.05, 0.1) is 23.7 Å². The lowest BCUT2D eigenvalue weighted by Crippen LogP contribution is -2.37.